The number of carboxylic acid groups (broad SMARTS) is 1. The molecule has 76 valence electrons. The summed E-state index contributed by atoms with van der Waals surface area (Å²) in [6.45, 7) is 2.74. The van der Waals surface area contributed by atoms with Crippen molar-refractivity contribution in [2.45, 2.75) is 25.5 Å². The fourth-order valence-electron chi connectivity index (χ4n) is 0.761. The fraction of sp³-hybridized carbons (Fsp3) is 0.571. The van der Waals surface area contributed by atoms with Gasteiger partial charge in [-0.05, 0) is 18.9 Å². The van der Waals surface area contributed by atoms with E-state index in [9.17, 15) is 18.3 Å². The van der Waals surface area contributed by atoms with Crippen LogP contribution in [0.25, 0.3) is 0 Å². The van der Waals surface area contributed by atoms with E-state index in [-0.39, 0.29) is 63.4 Å². The molecule has 0 fully saturated rings. The monoisotopic (exact) mass is 246 g/mol. The van der Waals surface area contributed by atoms with Gasteiger partial charge in [0, 0.05) is 0 Å². The van der Waals surface area contributed by atoms with E-state index >= 15 is 0 Å². The van der Waals surface area contributed by atoms with Crippen LogP contribution >= 0.6 is 0 Å². The van der Waals surface area contributed by atoms with Crippen LogP contribution in [-0.4, -0.2) is 24.2 Å². The second kappa shape index (κ2) is 7.10. The third-order valence-electron chi connectivity index (χ3n) is 1.54. The van der Waals surface area contributed by atoms with Gasteiger partial charge in [-0.1, -0.05) is 13.0 Å². The van der Waals surface area contributed by atoms with E-state index in [1.54, 1.807) is 0 Å². The van der Waals surface area contributed by atoms with Crippen LogP contribution in [0.4, 0.5) is 0 Å². The first kappa shape index (κ1) is 17.2. The van der Waals surface area contributed by atoms with E-state index in [0.29, 0.717) is 0 Å². The first-order valence-corrected chi connectivity index (χ1v) is 5.15. The van der Waals surface area contributed by atoms with Crippen molar-refractivity contribution in [2.24, 2.45) is 0 Å². The van der Waals surface area contributed by atoms with Crippen molar-refractivity contribution in [2.75, 3.05) is 0 Å². The van der Waals surface area contributed by atoms with Gasteiger partial charge in [-0.15, -0.1) is 0 Å². The normalized spacial score (nSPS) is 14.4. The van der Waals surface area contributed by atoms with Gasteiger partial charge in [0.2, 0.25) is 0 Å². The number of carbonyl (C=O) groups is 1. The van der Waals surface area contributed by atoms with Crippen LogP contribution in [-0.2, 0) is 14.9 Å². The minimum atomic E-state index is -4.21. The molecule has 0 spiro atoms. The minimum absolute atomic E-state index is 0. The van der Waals surface area contributed by atoms with E-state index in [2.05, 4.69) is 0 Å². The molecule has 0 aromatic carbocycles. The summed E-state index contributed by atoms with van der Waals surface area (Å²) in [7, 11) is -4.21. The summed E-state index contributed by atoms with van der Waals surface area (Å²) in [5, 5.41) is 9.05. The summed E-state index contributed by atoms with van der Waals surface area (Å²) in [5.41, 5.74) is -0.204. The summed E-state index contributed by atoms with van der Waals surface area (Å²) >= 11 is 0. The standard InChI is InChI=1S/C7H12O5S.K/c1-3-6(13(10,11)12)4-5(2)7(8)9;/h4,6H,3H2,1-2H3,(H,8,9)(H,10,11,12);/q;+1/p-1. The molecule has 0 bridgehead atoms. The average molecular weight is 246 g/mol. The van der Waals surface area contributed by atoms with E-state index in [1.165, 1.54) is 13.8 Å². The van der Waals surface area contributed by atoms with Crippen LogP contribution in [0.15, 0.2) is 11.6 Å². The largest absolute Gasteiger partial charge is 1.00 e. The smallest absolute Gasteiger partial charge is 0.545 e. The van der Waals surface area contributed by atoms with E-state index in [1.807, 2.05) is 0 Å². The number of carbonyl (C=O) groups excluding carboxylic acids is 1. The molecule has 1 atom stereocenters. The van der Waals surface area contributed by atoms with Crippen molar-refractivity contribution in [1.29, 1.82) is 0 Å². The van der Waals surface area contributed by atoms with Gasteiger partial charge >= 0.3 is 51.4 Å². The van der Waals surface area contributed by atoms with Crippen LogP contribution in [0.2, 0.25) is 0 Å². The minimum Gasteiger partial charge on any atom is -0.545 e. The van der Waals surface area contributed by atoms with Gasteiger partial charge < -0.3 is 9.90 Å². The van der Waals surface area contributed by atoms with Crippen LogP contribution in [0.1, 0.15) is 20.3 Å². The second-order valence-corrected chi connectivity index (χ2v) is 4.23. The fourth-order valence-corrected chi connectivity index (χ4v) is 1.56. The van der Waals surface area contributed by atoms with Crippen LogP contribution < -0.4 is 56.5 Å². The summed E-state index contributed by atoms with van der Waals surface area (Å²) in [6, 6.07) is 0. The molecule has 0 aliphatic carbocycles. The summed E-state index contributed by atoms with van der Waals surface area (Å²) in [4.78, 5) is 10.2. The Balaban J connectivity index is 0. The maximum absolute atomic E-state index is 10.6. The van der Waals surface area contributed by atoms with Gasteiger partial charge in [-0.3, -0.25) is 4.55 Å². The van der Waals surface area contributed by atoms with Crippen molar-refractivity contribution >= 4 is 16.1 Å². The average Bonchev–Trinajstić information content (AvgIpc) is 1.96. The molecule has 0 aromatic rings. The Kier molecular flexibility index (Phi) is 8.70. The molecule has 5 nitrogen and oxygen atoms in total. The van der Waals surface area contributed by atoms with Crippen molar-refractivity contribution in [3.63, 3.8) is 0 Å². The SMILES string of the molecule is CCC(C=C(C)C(=O)[O-])S(=O)(=O)O.[K+]. The quantitative estimate of drug-likeness (QED) is 0.314. The van der Waals surface area contributed by atoms with Gasteiger partial charge in [-0.2, -0.15) is 8.42 Å². The van der Waals surface area contributed by atoms with E-state index in [4.69, 9.17) is 4.55 Å². The van der Waals surface area contributed by atoms with Gasteiger partial charge in [0.05, 0.1) is 5.97 Å². The topological polar surface area (TPSA) is 94.5 Å². The van der Waals surface area contributed by atoms with E-state index in [0.717, 1.165) is 6.08 Å². The van der Waals surface area contributed by atoms with Crippen LogP contribution in [0.5, 0.6) is 0 Å². The molecule has 1 N–H and O–H groups in total. The molecule has 0 heterocycles. The molecule has 0 saturated heterocycles. The van der Waals surface area contributed by atoms with Gasteiger partial charge in [0.15, 0.2) is 0 Å². The Morgan fingerprint density at radius 3 is 2.21 bits per heavy atom. The second-order valence-electron chi connectivity index (χ2n) is 2.60. The van der Waals surface area contributed by atoms with E-state index < -0.39 is 21.3 Å². The number of aliphatic carboxylic acids is 1. The maximum Gasteiger partial charge on any atom is 1.00 e. The molecule has 1 unspecified atom stereocenters. The number of rotatable bonds is 4. The molecule has 0 aliphatic rings. The Labute approximate surface area is 126 Å². The predicted octanol–water partition coefficient (Wildman–Crippen LogP) is -3.65. The van der Waals surface area contributed by atoms with Gasteiger partial charge in [-0.25, -0.2) is 0 Å². The van der Waals surface area contributed by atoms with Gasteiger partial charge in [0.1, 0.15) is 5.25 Å². The van der Waals surface area contributed by atoms with Crippen molar-refractivity contribution in [3.8, 4) is 0 Å². The van der Waals surface area contributed by atoms with Crippen molar-refractivity contribution < 1.29 is 74.3 Å². The summed E-state index contributed by atoms with van der Waals surface area (Å²) < 4.78 is 29.9. The van der Waals surface area contributed by atoms with Crippen molar-refractivity contribution in [3.05, 3.63) is 11.6 Å². The first-order valence-electron chi connectivity index (χ1n) is 3.65. The molecular formula is C7H11KO5S. The number of hydrogen-bond acceptors (Lipinski definition) is 4. The molecule has 0 radical (unpaired) electrons. The number of hydrogen-bond donors (Lipinski definition) is 1. The van der Waals surface area contributed by atoms with Crippen LogP contribution in [0.3, 0.4) is 0 Å². The Bertz CT molecular complexity index is 319. The molecule has 0 saturated carbocycles. The molecule has 0 amide bonds. The number of carboxylic acids is 1. The first-order chi connectivity index (χ1) is 5.79. The summed E-state index contributed by atoms with van der Waals surface area (Å²) in [6.07, 6.45) is 1.08. The van der Waals surface area contributed by atoms with Gasteiger partial charge in [0.25, 0.3) is 10.1 Å². The zero-order valence-corrected chi connectivity index (χ0v) is 12.3. The zero-order valence-electron chi connectivity index (χ0n) is 8.35. The Hall–Kier alpha value is 0.756. The molecule has 14 heavy (non-hydrogen) atoms. The maximum atomic E-state index is 10.6. The molecular weight excluding hydrogens is 235 g/mol. The predicted molar refractivity (Wildman–Crippen MR) is 44.4 cm³/mol. The zero-order chi connectivity index (χ0) is 10.6. The third-order valence-corrected chi connectivity index (χ3v) is 2.78. The Morgan fingerprint density at radius 2 is 2.00 bits per heavy atom. The molecule has 7 heteroatoms. The molecule has 0 rings (SSSR count). The van der Waals surface area contributed by atoms with Crippen molar-refractivity contribution in [1.82, 2.24) is 0 Å². The summed E-state index contributed by atoms with van der Waals surface area (Å²) in [5.74, 6) is -1.44. The van der Waals surface area contributed by atoms with Crippen LogP contribution in [0, 0.1) is 0 Å². The molecule has 0 aromatic heterocycles. The third kappa shape index (κ3) is 6.28. The molecule has 0 aliphatic heterocycles. The Morgan fingerprint density at radius 1 is 1.57 bits per heavy atom.